The van der Waals surface area contributed by atoms with Crippen molar-refractivity contribution in [1.82, 2.24) is 9.80 Å². The first-order valence-electron chi connectivity index (χ1n) is 25.5. The molecule has 0 aromatic heterocycles. The van der Waals surface area contributed by atoms with E-state index in [-0.39, 0.29) is 12.8 Å². The zero-order valence-corrected chi connectivity index (χ0v) is 40.0. The predicted molar refractivity (Wildman–Crippen MR) is 264 cm³/mol. The summed E-state index contributed by atoms with van der Waals surface area (Å²) in [5.41, 5.74) is 4.14. The average Bonchev–Trinajstić information content (AvgIpc) is 3.39. The van der Waals surface area contributed by atoms with E-state index >= 15 is 0 Å². The van der Waals surface area contributed by atoms with Crippen LogP contribution in [0.2, 0.25) is 0 Å². The SMILES string of the molecule is O=C(CCCCCCCCCCCCC(=O)C(=O)N1CCCCC1C(=O)OC(CCc1ccccc1)c1ccccc1)C(=O)N1CCCCC1C(=O)OC(CCc1ccccc1)c1ccccc1. The van der Waals surface area contributed by atoms with Gasteiger partial charge in [0.15, 0.2) is 0 Å². The van der Waals surface area contributed by atoms with E-state index in [0.717, 1.165) is 112 Å². The molecule has 4 aromatic carbocycles. The molecule has 10 nitrogen and oxygen atoms in total. The third-order valence-corrected chi connectivity index (χ3v) is 13.5. The van der Waals surface area contributed by atoms with Crippen molar-refractivity contribution in [3.63, 3.8) is 0 Å². The first kappa shape index (κ1) is 51.5. The Morgan fingerprint density at radius 1 is 0.426 bits per heavy atom. The number of benzene rings is 4. The van der Waals surface area contributed by atoms with Gasteiger partial charge >= 0.3 is 11.9 Å². The normalized spacial score (nSPS) is 16.9. The number of unbranched alkanes of at least 4 members (excludes halogenated alkanes) is 9. The Hall–Kier alpha value is -5.90. The van der Waals surface area contributed by atoms with Crippen molar-refractivity contribution in [2.75, 3.05) is 13.1 Å². The van der Waals surface area contributed by atoms with Gasteiger partial charge in [0.05, 0.1) is 0 Å². The number of aryl methyl sites for hydroxylation is 2. The van der Waals surface area contributed by atoms with Crippen LogP contribution in [0.15, 0.2) is 121 Å². The van der Waals surface area contributed by atoms with Gasteiger partial charge in [0.1, 0.15) is 24.3 Å². The van der Waals surface area contributed by atoms with Crippen LogP contribution in [0, 0.1) is 0 Å². The summed E-state index contributed by atoms with van der Waals surface area (Å²) in [4.78, 5) is 83.3. The lowest BCUT2D eigenvalue weighted by Gasteiger charge is -2.34. The van der Waals surface area contributed by atoms with Crippen LogP contribution in [0.1, 0.15) is 163 Å². The van der Waals surface area contributed by atoms with Crippen molar-refractivity contribution < 1.29 is 38.2 Å². The summed E-state index contributed by atoms with van der Waals surface area (Å²) < 4.78 is 12.3. The first-order chi connectivity index (χ1) is 33.3. The Balaban J connectivity index is 0.830. The summed E-state index contributed by atoms with van der Waals surface area (Å²) in [5, 5.41) is 0. The predicted octanol–water partition coefficient (Wildman–Crippen LogP) is 11.4. The Kier molecular flexibility index (Phi) is 21.5. The van der Waals surface area contributed by atoms with Gasteiger partial charge in [-0.2, -0.15) is 0 Å². The number of rotatable bonds is 27. The molecule has 0 aliphatic carbocycles. The quantitative estimate of drug-likeness (QED) is 0.0329. The van der Waals surface area contributed by atoms with E-state index in [1.165, 1.54) is 9.80 Å². The second kappa shape index (κ2) is 28.4. The highest BCUT2D eigenvalue weighted by Crippen LogP contribution is 2.29. The number of ketones is 2. The van der Waals surface area contributed by atoms with Crippen LogP contribution in [-0.4, -0.2) is 70.3 Å². The van der Waals surface area contributed by atoms with Crippen LogP contribution in [0.5, 0.6) is 0 Å². The van der Waals surface area contributed by atoms with Gasteiger partial charge in [0, 0.05) is 25.9 Å². The van der Waals surface area contributed by atoms with Crippen molar-refractivity contribution in [3.05, 3.63) is 144 Å². The van der Waals surface area contributed by atoms with E-state index in [4.69, 9.17) is 9.47 Å². The molecule has 2 fully saturated rings. The molecule has 2 amide bonds. The summed E-state index contributed by atoms with van der Waals surface area (Å²) in [6, 6.07) is 38.1. The first-order valence-corrected chi connectivity index (χ1v) is 25.5. The van der Waals surface area contributed by atoms with Gasteiger partial charge in [-0.15, -0.1) is 0 Å². The molecule has 6 rings (SSSR count). The van der Waals surface area contributed by atoms with Crippen LogP contribution in [0.3, 0.4) is 0 Å². The van der Waals surface area contributed by atoms with Crippen LogP contribution in [0.4, 0.5) is 0 Å². The van der Waals surface area contributed by atoms with Gasteiger partial charge in [-0.25, -0.2) is 9.59 Å². The summed E-state index contributed by atoms with van der Waals surface area (Å²) in [6.07, 6.45) is 15.4. The Labute approximate surface area is 404 Å². The molecule has 4 aromatic rings. The van der Waals surface area contributed by atoms with Gasteiger partial charge in [-0.05, 0) is 99.3 Å². The summed E-state index contributed by atoms with van der Waals surface area (Å²) in [6.45, 7) is 0.755. The molecule has 0 bridgehead atoms. The van der Waals surface area contributed by atoms with E-state index in [2.05, 4.69) is 24.3 Å². The fraction of sp³-hybridized carbons (Fsp3) is 0.483. The molecule has 2 heterocycles. The Morgan fingerprint density at radius 3 is 1.10 bits per heavy atom. The summed E-state index contributed by atoms with van der Waals surface area (Å²) in [7, 11) is 0. The number of ether oxygens (including phenoxy) is 2. The highest BCUT2D eigenvalue weighted by atomic mass is 16.5. The van der Waals surface area contributed by atoms with Crippen LogP contribution in [0.25, 0.3) is 0 Å². The molecule has 2 aliphatic heterocycles. The number of esters is 2. The van der Waals surface area contributed by atoms with E-state index < -0.39 is 59.6 Å². The molecule has 2 saturated heterocycles. The molecule has 68 heavy (non-hydrogen) atoms. The fourth-order valence-corrected chi connectivity index (χ4v) is 9.60. The lowest BCUT2D eigenvalue weighted by molar-refractivity contribution is -0.163. The second-order valence-corrected chi connectivity index (χ2v) is 18.6. The summed E-state index contributed by atoms with van der Waals surface area (Å²) in [5.74, 6) is -2.90. The largest absolute Gasteiger partial charge is 0.456 e. The van der Waals surface area contributed by atoms with Gasteiger partial charge < -0.3 is 19.3 Å². The van der Waals surface area contributed by atoms with Gasteiger partial charge in [-0.3, -0.25) is 19.2 Å². The average molecular weight is 925 g/mol. The van der Waals surface area contributed by atoms with Crippen molar-refractivity contribution in [2.24, 2.45) is 0 Å². The minimum absolute atomic E-state index is 0.175. The molecule has 10 heteroatoms. The Bertz CT molecular complexity index is 2010. The molecule has 4 unspecified atom stereocenters. The molecule has 0 N–H and O–H groups in total. The third kappa shape index (κ3) is 16.4. The fourth-order valence-electron chi connectivity index (χ4n) is 9.60. The number of piperidine rings is 2. The number of Topliss-reactive ketones (excluding diaryl/α,β-unsaturated/α-hetero) is 2. The topological polar surface area (TPSA) is 127 Å². The number of nitrogens with zero attached hydrogens (tertiary/aromatic N) is 2. The Morgan fingerprint density at radius 2 is 0.750 bits per heavy atom. The molecular formula is C58H72N2O8. The third-order valence-electron chi connectivity index (χ3n) is 13.5. The van der Waals surface area contributed by atoms with Gasteiger partial charge in [-0.1, -0.05) is 173 Å². The number of likely N-dealkylation sites (tertiary alicyclic amines) is 2. The van der Waals surface area contributed by atoms with Crippen molar-refractivity contribution in [1.29, 1.82) is 0 Å². The number of carbonyl (C=O) groups is 6. The number of hydrogen-bond acceptors (Lipinski definition) is 8. The lowest BCUT2D eigenvalue weighted by atomic mass is 9.99. The highest BCUT2D eigenvalue weighted by molar-refractivity contribution is 6.36. The smallest absolute Gasteiger partial charge is 0.329 e. The van der Waals surface area contributed by atoms with E-state index in [0.29, 0.717) is 51.6 Å². The zero-order chi connectivity index (χ0) is 47.8. The maximum absolute atomic E-state index is 13.7. The number of carbonyl (C=O) groups excluding carboxylic acids is 6. The number of amides is 2. The van der Waals surface area contributed by atoms with E-state index in [1.807, 2.05) is 97.1 Å². The molecular weight excluding hydrogens is 853 g/mol. The van der Waals surface area contributed by atoms with Crippen molar-refractivity contribution in [2.45, 2.75) is 166 Å². The highest BCUT2D eigenvalue weighted by Gasteiger charge is 2.38. The van der Waals surface area contributed by atoms with Crippen molar-refractivity contribution >= 4 is 35.3 Å². The molecule has 2 aliphatic rings. The van der Waals surface area contributed by atoms with Crippen LogP contribution >= 0.6 is 0 Å². The zero-order valence-electron chi connectivity index (χ0n) is 40.0. The van der Waals surface area contributed by atoms with E-state index in [9.17, 15) is 28.8 Å². The maximum atomic E-state index is 13.7. The summed E-state index contributed by atoms with van der Waals surface area (Å²) >= 11 is 0. The number of hydrogen-bond donors (Lipinski definition) is 0. The van der Waals surface area contributed by atoms with Gasteiger partial charge in [0.25, 0.3) is 11.8 Å². The molecule has 0 saturated carbocycles. The van der Waals surface area contributed by atoms with Crippen LogP contribution in [-0.2, 0) is 51.1 Å². The molecule has 0 spiro atoms. The lowest BCUT2D eigenvalue weighted by Crippen LogP contribution is -2.51. The molecule has 4 atom stereocenters. The minimum Gasteiger partial charge on any atom is -0.456 e. The molecule has 362 valence electrons. The van der Waals surface area contributed by atoms with Crippen molar-refractivity contribution in [3.8, 4) is 0 Å². The monoisotopic (exact) mass is 925 g/mol. The van der Waals surface area contributed by atoms with Gasteiger partial charge in [0.2, 0.25) is 11.6 Å². The minimum atomic E-state index is -0.758. The van der Waals surface area contributed by atoms with Crippen LogP contribution < -0.4 is 0 Å². The maximum Gasteiger partial charge on any atom is 0.329 e. The standard InChI is InChI=1S/C58H72N2O8/c61-51(55(63)59-43-25-23-35-49(59)57(65)67-53(47-31-17-11-18-32-47)41-39-45-27-13-9-14-28-45)37-21-7-5-3-1-2-4-6-8-22-38-52(62)56(64)60-44-26-24-36-50(60)58(66)68-54(48-33-19-12-20-34-48)42-40-46-29-15-10-16-30-46/h9-20,27-34,49-50,53-54H,1-8,21-26,35-44H2. The second-order valence-electron chi connectivity index (χ2n) is 18.6. The van der Waals surface area contributed by atoms with E-state index in [1.54, 1.807) is 0 Å². The molecule has 0 radical (unpaired) electrons.